The number of nitrogens with zero attached hydrogens (tertiary/aromatic N) is 3. The largest absolute Gasteiger partial charge is 0.436 e. The van der Waals surface area contributed by atoms with Crippen molar-refractivity contribution in [2.75, 3.05) is 4.90 Å². The van der Waals surface area contributed by atoms with E-state index in [0.717, 1.165) is 56.1 Å². The summed E-state index contributed by atoms with van der Waals surface area (Å²) in [4.78, 5) is 7.18. The molecule has 240 valence electrons. The average molecular weight is 654 g/mol. The second-order valence-electron chi connectivity index (χ2n) is 12.8. The smallest absolute Gasteiger partial charge is 0.227 e. The lowest BCUT2D eigenvalue weighted by atomic mass is 10.0. The second-order valence-corrected chi connectivity index (χ2v) is 12.8. The Kier molecular flexibility index (Phi) is 6.78. The third-order valence-electron chi connectivity index (χ3n) is 9.79. The van der Waals surface area contributed by atoms with Gasteiger partial charge in [0.2, 0.25) is 5.89 Å². The highest BCUT2D eigenvalue weighted by Gasteiger charge is 2.22. The van der Waals surface area contributed by atoms with E-state index in [9.17, 15) is 0 Å². The molecule has 0 saturated carbocycles. The topological polar surface area (TPSA) is 34.2 Å². The lowest BCUT2D eigenvalue weighted by Crippen LogP contribution is -2.11. The molecule has 0 bridgehead atoms. The molecule has 10 aromatic rings. The minimum absolute atomic E-state index is 0.612. The number of rotatable bonds is 6. The fourth-order valence-corrected chi connectivity index (χ4v) is 7.47. The molecule has 2 aromatic heterocycles. The van der Waals surface area contributed by atoms with Crippen molar-refractivity contribution in [2.45, 2.75) is 0 Å². The zero-order valence-corrected chi connectivity index (χ0v) is 27.6. The Morgan fingerprint density at radius 1 is 0.490 bits per heavy atom. The Balaban J connectivity index is 1.24. The average Bonchev–Trinajstić information content (AvgIpc) is 3.79. The summed E-state index contributed by atoms with van der Waals surface area (Å²) in [5.41, 5.74) is 11.4. The Hall–Kier alpha value is -6.91. The fraction of sp³-hybridized carbons (Fsp3) is 0. The molecule has 0 saturated heterocycles. The highest BCUT2D eigenvalue weighted by molar-refractivity contribution is 6.19. The van der Waals surface area contributed by atoms with Gasteiger partial charge in [0, 0.05) is 44.7 Å². The minimum atomic E-state index is 0.612. The summed E-state index contributed by atoms with van der Waals surface area (Å²) in [6, 6.07) is 66.3. The first-order chi connectivity index (χ1) is 25.3. The van der Waals surface area contributed by atoms with Crippen molar-refractivity contribution >= 4 is 60.7 Å². The maximum atomic E-state index is 6.41. The van der Waals surface area contributed by atoms with Crippen LogP contribution in [0.1, 0.15) is 0 Å². The highest BCUT2D eigenvalue weighted by atomic mass is 16.3. The summed E-state index contributed by atoms with van der Waals surface area (Å²) in [6.07, 6.45) is 0. The summed E-state index contributed by atoms with van der Waals surface area (Å²) in [5.74, 6) is 0.612. The van der Waals surface area contributed by atoms with Crippen molar-refractivity contribution in [3.8, 4) is 28.3 Å². The molecule has 0 aliphatic heterocycles. The highest BCUT2D eigenvalue weighted by Crippen LogP contribution is 2.45. The number of aromatic nitrogens is 2. The van der Waals surface area contributed by atoms with Crippen LogP contribution in [-0.2, 0) is 0 Å². The third kappa shape index (κ3) is 4.88. The molecular weight excluding hydrogens is 623 g/mol. The first-order valence-electron chi connectivity index (χ1n) is 17.2. The molecule has 0 amide bonds. The van der Waals surface area contributed by atoms with Crippen LogP contribution in [0.5, 0.6) is 0 Å². The van der Waals surface area contributed by atoms with Gasteiger partial charge in [0.15, 0.2) is 5.58 Å². The van der Waals surface area contributed by atoms with Crippen LogP contribution >= 0.6 is 0 Å². The van der Waals surface area contributed by atoms with Gasteiger partial charge in [0.05, 0.1) is 22.4 Å². The molecule has 0 N–H and O–H groups in total. The first-order valence-corrected chi connectivity index (χ1v) is 17.2. The zero-order chi connectivity index (χ0) is 33.7. The zero-order valence-electron chi connectivity index (χ0n) is 27.6. The molecule has 0 atom stereocenters. The number of oxazole rings is 1. The number of hydrogen-bond donors (Lipinski definition) is 0. The number of benzene rings is 8. The van der Waals surface area contributed by atoms with Crippen molar-refractivity contribution in [2.24, 2.45) is 0 Å². The van der Waals surface area contributed by atoms with Crippen molar-refractivity contribution in [1.29, 1.82) is 0 Å². The normalized spacial score (nSPS) is 11.5. The van der Waals surface area contributed by atoms with Gasteiger partial charge in [-0.15, -0.1) is 0 Å². The molecule has 2 heterocycles. The van der Waals surface area contributed by atoms with E-state index in [1.165, 1.54) is 27.1 Å². The molecule has 51 heavy (non-hydrogen) atoms. The van der Waals surface area contributed by atoms with E-state index in [-0.39, 0.29) is 0 Å². The van der Waals surface area contributed by atoms with Gasteiger partial charge in [-0.1, -0.05) is 121 Å². The Labute approximate surface area is 295 Å². The van der Waals surface area contributed by atoms with Gasteiger partial charge in [-0.3, -0.25) is 0 Å². The molecule has 0 unspecified atom stereocenters. The summed E-state index contributed by atoms with van der Waals surface area (Å²) in [6.45, 7) is 0. The maximum absolute atomic E-state index is 6.41. The van der Waals surface area contributed by atoms with Crippen LogP contribution < -0.4 is 4.90 Å². The number of hydrogen-bond acceptors (Lipinski definition) is 3. The third-order valence-corrected chi connectivity index (χ3v) is 9.79. The van der Waals surface area contributed by atoms with Crippen molar-refractivity contribution in [3.63, 3.8) is 0 Å². The number of fused-ring (bicyclic) bond motifs is 6. The van der Waals surface area contributed by atoms with Gasteiger partial charge in [0.1, 0.15) is 5.52 Å². The van der Waals surface area contributed by atoms with Crippen LogP contribution in [0.3, 0.4) is 0 Å². The molecular formula is C47H31N3O. The summed E-state index contributed by atoms with van der Waals surface area (Å²) in [5, 5.41) is 4.85. The molecule has 0 radical (unpaired) electrons. The van der Waals surface area contributed by atoms with Gasteiger partial charge < -0.3 is 13.9 Å². The van der Waals surface area contributed by atoms with E-state index in [1.54, 1.807) is 0 Å². The lowest BCUT2D eigenvalue weighted by molar-refractivity contribution is 0.620. The van der Waals surface area contributed by atoms with Crippen molar-refractivity contribution < 1.29 is 4.42 Å². The first kappa shape index (κ1) is 29.0. The molecule has 0 spiro atoms. The lowest BCUT2D eigenvalue weighted by Gasteiger charge is -2.28. The van der Waals surface area contributed by atoms with Crippen molar-refractivity contribution in [1.82, 2.24) is 9.55 Å². The van der Waals surface area contributed by atoms with Crippen molar-refractivity contribution in [3.05, 3.63) is 188 Å². The predicted octanol–water partition coefficient (Wildman–Crippen LogP) is 12.9. The Bertz CT molecular complexity index is 2850. The summed E-state index contributed by atoms with van der Waals surface area (Å²) >= 11 is 0. The van der Waals surface area contributed by atoms with E-state index in [2.05, 4.69) is 167 Å². The number of anilines is 3. The molecule has 0 fully saturated rings. The van der Waals surface area contributed by atoms with Gasteiger partial charge in [-0.05, 0) is 71.6 Å². The molecule has 8 aromatic carbocycles. The van der Waals surface area contributed by atoms with E-state index >= 15 is 0 Å². The summed E-state index contributed by atoms with van der Waals surface area (Å²) < 4.78 is 8.82. The van der Waals surface area contributed by atoms with Crippen LogP contribution in [-0.4, -0.2) is 9.55 Å². The van der Waals surface area contributed by atoms with Crippen LogP contribution in [0.4, 0.5) is 17.1 Å². The van der Waals surface area contributed by atoms with E-state index in [1.807, 2.05) is 30.3 Å². The summed E-state index contributed by atoms with van der Waals surface area (Å²) in [7, 11) is 0. The van der Waals surface area contributed by atoms with E-state index in [0.29, 0.717) is 5.89 Å². The maximum Gasteiger partial charge on any atom is 0.227 e. The SMILES string of the molecule is c1ccc(-c2nc3ccc(N(c4ccc5c(c4)c4ccc6ccccc6c4n5-c4ccccc4)c4ccccc4-c4ccccc4)cc3o2)cc1. The monoisotopic (exact) mass is 653 g/mol. The molecule has 4 nitrogen and oxygen atoms in total. The molecule has 4 heteroatoms. The number of para-hydroxylation sites is 2. The van der Waals surface area contributed by atoms with Crippen LogP contribution in [0.25, 0.3) is 71.9 Å². The quantitative estimate of drug-likeness (QED) is 0.179. The standard InChI is InChI=1S/C47H31N3O/c1-4-14-32(15-5-1)38-21-12-13-23-43(38)49(37-25-28-42-45(31-37)51-47(48-42)34-17-6-2-7-18-34)36-26-29-44-41(30-36)40-27-24-33-16-10-11-22-39(33)46(40)50(44)35-19-8-3-9-20-35/h1-31H. The van der Waals surface area contributed by atoms with Gasteiger partial charge in [0.25, 0.3) is 0 Å². The van der Waals surface area contributed by atoms with E-state index in [4.69, 9.17) is 9.40 Å². The van der Waals surface area contributed by atoms with Crippen LogP contribution in [0.2, 0.25) is 0 Å². The van der Waals surface area contributed by atoms with Gasteiger partial charge in [-0.25, -0.2) is 4.98 Å². The van der Waals surface area contributed by atoms with E-state index < -0.39 is 0 Å². The van der Waals surface area contributed by atoms with Crippen LogP contribution in [0, 0.1) is 0 Å². The molecule has 10 rings (SSSR count). The van der Waals surface area contributed by atoms with Gasteiger partial charge >= 0.3 is 0 Å². The molecule has 0 aliphatic carbocycles. The predicted molar refractivity (Wildman–Crippen MR) is 211 cm³/mol. The Morgan fingerprint density at radius 3 is 1.98 bits per heavy atom. The fourth-order valence-electron chi connectivity index (χ4n) is 7.47. The second kappa shape index (κ2) is 11.9. The van der Waals surface area contributed by atoms with Crippen LogP contribution in [0.15, 0.2) is 192 Å². The minimum Gasteiger partial charge on any atom is -0.436 e. The van der Waals surface area contributed by atoms with Gasteiger partial charge in [-0.2, -0.15) is 0 Å². The Morgan fingerprint density at radius 2 is 1.16 bits per heavy atom. The molecule has 0 aliphatic rings.